The predicted octanol–water partition coefficient (Wildman–Crippen LogP) is 1.55. The van der Waals surface area contributed by atoms with Gasteiger partial charge in [0.05, 0.1) is 5.69 Å². The summed E-state index contributed by atoms with van der Waals surface area (Å²) in [4.78, 5) is 16.4. The van der Waals surface area contributed by atoms with Gasteiger partial charge in [0, 0.05) is 44.3 Å². The molecule has 0 aromatic carbocycles. The summed E-state index contributed by atoms with van der Waals surface area (Å²) < 4.78 is 3.46. The fraction of sp³-hybridized carbons (Fsp3) is 0.500. The van der Waals surface area contributed by atoms with Gasteiger partial charge in [0.1, 0.15) is 0 Å². The quantitative estimate of drug-likeness (QED) is 0.899. The molecule has 0 aliphatic heterocycles. The van der Waals surface area contributed by atoms with Gasteiger partial charge in [0.15, 0.2) is 5.82 Å². The van der Waals surface area contributed by atoms with Crippen molar-refractivity contribution in [1.82, 2.24) is 19.3 Å². The monoisotopic (exact) mass is 275 g/mol. The zero-order chi connectivity index (χ0) is 14.7. The van der Waals surface area contributed by atoms with Crippen molar-refractivity contribution in [2.75, 3.05) is 5.32 Å². The molecule has 0 fully saturated rings. The van der Waals surface area contributed by atoms with Gasteiger partial charge in [-0.05, 0) is 12.8 Å². The summed E-state index contributed by atoms with van der Waals surface area (Å²) in [7, 11) is 1.88. The number of hydrogen-bond acceptors (Lipinski definition) is 4. The van der Waals surface area contributed by atoms with Crippen LogP contribution in [0.15, 0.2) is 23.4 Å². The van der Waals surface area contributed by atoms with Crippen molar-refractivity contribution < 1.29 is 0 Å². The normalized spacial score (nSPS) is 11.1. The SMILES string of the molecule is Cc1nn(C)cc1CNc1nccn(CC(C)C)c1=O. The Labute approximate surface area is 118 Å². The van der Waals surface area contributed by atoms with Crippen LogP contribution in [0.3, 0.4) is 0 Å². The second kappa shape index (κ2) is 5.90. The minimum absolute atomic E-state index is 0.0808. The first-order chi connectivity index (χ1) is 9.47. The van der Waals surface area contributed by atoms with Crippen LogP contribution in [0.5, 0.6) is 0 Å². The predicted molar refractivity (Wildman–Crippen MR) is 78.6 cm³/mol. The van der Waals surface area contributed by atoms with Gasteiger partial charge in [0.25, 0.3) is 5.56 Å². The van der Waals surface area contributed by atoms with E-state index in [9.17, 15) is 4.79 Å². The average Bonchev–Trinajstić information content (AvgIpc) is 2.68. The zero-order valence-electron chi connectivity index (χ0n) is 12.4. The van der Waals surface area contributed by atoms with E-state index in [1.807, 2.05) is 20.2 Å². The molecular formula is C14H21N5O. The largest absolute Gasteiger partial charge is 0.361 e. The van der Waals surface area contributed by atoms with E-state index >= 15 is 0 Å². The Kier molecular flexibility index (Phi) is 4.22. The molecule has 0 saturated heterocycles. The minimum atomic E-state index is -0.0808. The van der Waals surface area contributed by atoms with Crippen LogP contribution in [0, 0.1) is 12.8 Å². The van der Waals surface area contributed by atoms with Gasteiger partial charge in [-0.3, -0.25) is 9.48 Å². The van der Waals surface area contributed by atoms with Gasteiger partial charge in [-0.25, -0.2) is 4.98 Å². The van der Waals surface area contributed by atoms with Crippen molar-refractivity contribution in [3.05, 3.63) is 40.2 Å². The molecule has 6 nitrogen and oxygen atoms in total. The lowest BCUT2D eigenvalue weighted by molar-refractivity contribution is 0.509. The van der Waals surface area contributed by atoms with Gasteiger partial charge < -0.3 is 9.88 Å². The first kappa shape index (κ1) is 14.3. The second-order valence-electron chi connectivity index (χ2n) is 5.39. The van der Waals surface area contributed by atoms with Crippen LogP contribution in [-0.4, -0.2) is 19.3 Å². The first-order valence-corrected chi connectivity index (χ1v) is 6.76. The Hall–Kier alpha value is -2.11. The molecule has 0 unspecified atom stereocenters. The van der Waals surface area contributed by atoms with Crippen molar-refractivity contribution in [3.63, 3.8) is 0 Å². The lowest BCUT2D eigenvalue weighted by atomic mass is 10.2. The molecule has 2 aromatic rings. The van der Waals surface area contributed by atoms with E-state index in [0.29, 0.717) is 24.8 Å². The molecule has 2 heterocycles. The summed E-state index contributed by atoms with van der Waals surface area (Å²) in [6, 6.07) is 0. The van der Waals surface area contributed by atoms with Crippen LogP contribution in [0.4, 0.5) is 5.82 Å². The van der Waals surface area contributed by atoms with Crippen LogP contribution in [-0.2, 0) is 20.1 Å². The summed E-state index contributed by atoms with van der Waals surface area (Å²) in [5.74, 6) is 0.805. The fourth-order valence-corrected chi connectivity index (χ4v) is 2.11. The third-order valence-electron chi connectivity index (χ3n) is 3.04. The fourth-order valence-electron chi connectivity index (χ4n) is 2.11. The Bertz CT molecular complexity index is 641. The average molecular weight is 275 g/mol. The maximum absolute atomic E-state index is 12.2. The Balaban J connectivity index is 2.14. The molecule has 0 aliphatic rings. The summed E-state index contributed by atoms with van der Waals surface area (Å²) in [6.07, 6.45) is 5.32. The minimum Gasteiger partial charge on any atom is -0.361 e. The Morgan fingerprint density at radius 3 is 2.75 bits per heavy atom. The third-order valence-corrected chi connectivity index (χ3v) is 3.04. The number of aryl methyl sites for hydroxylation is 2. The highest BCUT2D eigenvalue weighted by Gasteiger charge is 2.08. The van der Waals surface area contributed by atoms with Crippen molar-refractivity contribution >= 4 is 5.82 Å². The Morgan fingerprint density at radius 2 is 2.15 bits per heavy atom. The van der Waals surface area contributed by atoms with Gasteiger partial charge in [-0.2, -0.15) is 5.10 Å². The molecule has 0 radical (unpaired) electrons. The van der Waals surface area contributed by atoms with Crippen LogP contribution < -0.4 is 10.9 Å². The van der Waals surface area contributed by atoms with E-state index in [4.69, 9.17) is 0 Å². The molecular weight excluding hydrogens is 254 g/mol. The van der Waals surface area contributed by atoms with E-state index in [1.165, 1.54) is 0 Å². The van der Waals surface area contributed by atoms with Crippen LogP contribution in [0.2, 0.25) is 0 Å². The van der Waals surface area contributed by atoms with E-state index in [-0.39, 0.29) is 5.56 Å². The lowest BCUT2D eigenvalue weighted by Crippen LogP contribution is -2.25. The molecule has 108 valence electrons. The van der Waals surface area contributed by atoms with E-state index < -0.39 is 0 Å². The summed E-state index contributed by atoms with van der Waals surface area (Å²) >= 11 is 0. The molecule has 0 bridgehead atoms. The molecule has 1 N–H and O–H groups in total. The van der Waals surface area contributed by atoms with Crippen molar-refractivity contribution in [3.8, 4) is 0 Å². The molecule has 6 heteroatoms. The lowest BCUT2D eigenvalue weighted by Gasteiger charge is -2.10. The van der Waals surface area contributed by atoms with Gasteiger partial charge >= 0.3 is 0 Å². The number of nitrogens with one attached hydrogen (secondary N) is 1. The molecule has 0 amide bonds. The standard InChI is InChI=1S/C14H21N5O/c1-10(2)8-19-6-5-15-13(14(19)20)16-7-12-9-18(4)17-11(12)3/h5-6,9-10H,7-8H2,1-4H3,(H,15,16). The molecule has 20 heavy (non-hydrogen) atoms. The highest BCUT2D eigenvalue weighted by Crippen LogP contribution is 2.06. The number of hydrogen-bond donors (Lipinski definition) is 1. The summed E-state index contributed by atoms with van der Waals surface area (Å²) in [5.41, 5.74) is 1.94. The number of rotatable bonds is 5. The molecule has 2 aromatic heterocycles. The topological polar surface area (TPSA) is 64.7 Å². The highest BCUT2D eigenvalue weighted by atomic mass is 16.1. The van der Waals surface area contributed by atoms with Crippen molar-refractivity contribution in [2.45, 2.75) is 33.9 Å². The van der Waals surface area contributed by atoms with Crippen LogP contribution in [0.25, 0.3) is 0 Å². The maximum Gasteiger partial charge on any atom is 0.293 e. The third kappa shape index (κ3) is 3.26. The molecule has 0 spiro atoms. The van der Waals surface area contributed by atoms with Gasteiger partial charge in [0.2, 0.25) is 0 Å². The maximum atomic E-state index is 12.2. The second-order valence-corrected chi connectivity index (χ2v) is 5.39. The molecule has 2 rings (SSSR count). The van der Waals surface area contributed by atoms with Crippen LogP contribution in [0.1, 0.15) is 25.1 Å². The smallest absolute Gasteiger partial charge is 0.293 e. The van der Waals surface area contributed by atoms with Crippen LogP contribution >= 0.6 is 0 Å². The number of nitrogens with zero attached hydrogens (tertiary/aromatic N) is 4. The number of anilines is 1. The molecule has 0 aliphatic carbocycles. The number of aromatic nitrogens is 4. The first-order valence-electron chi connectivity index (χ1n) is 6.76. The Morgan fingerprint density at radius 1 is 1.40 bits per heavy atom. The van der Waals surface area contributed by atoms with Crippen molar-refractivity contribution in [2.24, 2.45) is 13.0 Å². The van der Waals surface area contributed by atoms with Crippen molar-refractivity contribution in [1.29, 1.82) is 0 Å². The summed E-state index contributed by atoms with van der Waals surface area (Å²) in [6.45, 7) is 7.36. The van der Waals surface area contributed by atoms with Gasteiger partial charge in [-0.1, -0.05) is 13.8 Å². The highest BCUT2D eigenvalue weighted by molar-refractivity contribution is 5.33. The zero-order valence-corrected chi connectivity index (χ0v) is 12.4. The summed E-state index contributed by atoms with van der Waals surface area (Å²) in [5, 5.41) is 7.37. The molecule has 0 saturated carbocycles. The van der Waals surface area contributed by atoms with E-state index in [2.05, 4.69) is 29.2 Å². The molecule has 0 atom stereocenters. The van der Waals surface area contributed by atoms with E-state index in [0.717, 1.165) is 11.3 Å². The van der Waals surface area contributed by atoms with Gasteiger partial charge in [-0.15, -0.1) is 0 Å². The van der Waals surface area contributed by atoms with E-state index in [1.54, 1.807) is 21.6 Å².